The second-order valence-corrected chi connectivity index (χ2v) is 7.52. The number of rotatable bonds is 5. The first-order valence-corrected chi connectivity index (χ1v) is 9.10. The summed E-state index contributed by atoms with van der Waals surface area (Å²) in [6, 6.07) is 5.01. The van der Waals surface area contributed by atoms with Crippen LogP contribution >= 0.6 is 46.7 Å². The number of carbonyl (C=O) groups is 1. The van der Waals surface area contributed by atoms with Crippen molar-refractivity contribution < 1.29 is 9.90 Å². The maximum atomic E-state index is 11.2. The van der Waals surface area contributed by atoms with Gasteiger partial charge in [0, 0.05) is 40.3 Å². The molecule has 0 saturated carbocycles. The SMILES string of the molecule is O=C(O)C1CSCCN1CCSc1cc(Cl)ccc1Cl. The molecule has 0 amide bonds. The third-order valence-electron chi connectivity index (χ3n) is 3.05. The number of carboxylic acid groups (broad SMARTS) is 1. The molecule has 1 unspecified atom stereocenters. The van der Waals surface area contributed by atoms with E-state index in [0.717, 1.165) is 29.5 Å². The number of carboxylic acids is 1. The van der Waals surface area contributed by atoms with Crippen molar-refractivity contribution in [1.82, 2.24) is 4.90 Å². The minimum atomic E-state index is -0.733. The van der Waals surface area contributed by atoms with Gasteiger partial charge in [-0.15, -0.1) is 11.8 Å². The summed E-state index contributed by atoms with van der Waals surface area (Å²) in [5, 5.41) is 10.6. The molecule has 1 aromatic rings. The minimum absolute atomic E-state index is 0.371. The van der Waals surface area contributed by atoms with Crippen molar-refractivity contribution in [3.05, 3.63) is 28.2 Å². The predicted octanol–water partition coefficient (Wildman–Crippen LogP) is 3.59. The second kappa shape index (κ2) is 7.80. The molecule has 1 N–H and O–H groups in total. The van der Waals surface area contributed by atoms with E-state index in [1.165, 1.54) is 0 Å². The molecule has 2 rings (SSSR count). The summed E-state index contributed by atoms with van der Waals surface area (Å²) < 4.78 is 0. The molecule has 1 fully saturated rings. The number of benzene rings is 1. The zero-order valence-corrected chi connectivity index (χ0v) is 13.9. The van der Waals surface area contributed by atoms with Gasteiger partial charge in [-0.25, -0.2) is 0 Å². The molecule has 3 nitrogen and oxygen atoms in total. The van der Waals surface area contributed by atoms with Gasteiger partial charge < -0.3 is 5.11 Å². The number of hydrogen-bond acceptors (Lipinski definition) is 4. The fourth-order valence-electron chi connectivity index (χ4n) is 1.99. The third kappa shape index (κ3) is 4.46. The maximum absolute atomic E-state index is 11.2. The number of halogens is 2. The van der Waals surface area contributed by atoms with Gasteiger partial charge in [-0.3, -0.25) is 9.69 Å². The van der Waals surface area contributed by atoms with Crippen LogP contribution in [0.4, 0.5) is 0 Å². The van der Waals surface area contributed by atoms with Crippen molar-refractivity contribution in [2.24, 2.45) is 0 Å². The van der Waals surface area contributed by atoms with Crippen molar-refractivity contribution in [2.45, 2.75) is 10.9 Å². The first-order valence-electron chi connectivity index (χ1n) is 6.20. The monoisotopic (exact) mass is 351 g/mol. The van der Waals surface area contributed by atoms with E-state index >= 15 is 0 Å². The van der Waals surface area contributed by atoms with Crippen molar-refractivity contribution in [2.75, 3.05) is 30.3 Å². The lowest BCUT2D eigenvalue weighted by Crippen LogP contribution is -2.48. The number of thioether (sulfide) groups is 2. The molecule has 1 atom stereocenters. The van der Waals surface area contributed by atoms with Crippen LogP contribution in [0.25, 0.3) is 0 Å². The van der Waals surface area contributed by atoms with Gasteiger partial charge in [-0.05, 0) is 18.2 Å². The van der Waals surface area contributed by atoms with E-state index in [1.54, 1.807) is 35.7 Å². The molecule has 0 aromatic heterocycles. The Labute approximate surface area is 137 Å². The van der Waals surface area contributed by atoms with Crippen molar-refractivity contribution in [3.8, 4) is 0 Å². The van der Waals surface area contributed by atoms with Crippen LogP contribution in [0.15, 0.2) is 23.1 Å². The summed E-state index contributed by atoms with van der Waals surface area (Å²) in [7, 11) is 0. The maximum Gasteiger partial charge on any atom is 0.321 e. The quantitative estimate of drug-likeness (QED) is 0.821. The Morgan fingerprint density at radius 1 is 1.50 bits per heavy atom. The molecule has 110 valence electrons. The fourth-order valence-corrected chi connectivity index (χ4v) is 4.58. The number of hydrogen-bond donors (Lipinski definition) is 1. The van der Waals surface area contributed by atoms with E-state index in [0.29, 0.717) is 15.8 Å². The highest BCUT2D eigenvalue weighted by atomic mass is 35.5. The van der Waals surface area contributed by atoms with E-state index < -0.39 is 5.97 Å². The molecular weight excluding hydrogens is 337 g/mol. The third-order valence-corrected chi connectivity index (χ3v) is 5.79. The summed E-state index contributed by atoms with van der Waals surface area (Å²) >= 11 is 15.4. The highest BCUT2D eigenvalue weighted by molar-refractivity contribution is 7.99. The van der Waals surface area contributed by atoms with E-state index in [-0.39, 0.29) is 6.04 Å². The molecule has 0 bridgehead atoms. The van der Waals surface area contributed by atoms with Gasteiger partial charge in [0.15, 0.2) is 0 Å². The topological polar surface area (TPSA) is 40.5 Å². The van der Waals surface area contributed by atoms with E-state index in [9.17, 15) is 9.90 Å². The van der Waals surface area contributed by atoms with Crippen LogP contribution in [0.2, 0.25) is 10.0 Å². The average molecular weight is 352 g/mol. The van der Waals surface area contributed by atoms with Crippen LogP contribution in [0.1, 0.15) is 0 Å². The van der Waals surface area contributed by atoms with Gasteiger partial charge in [-0.2, -0.15) is 11.8 Å². The second-order valence-electron chi connectivity index (χ2n) is 4.39. The summed E-state index contributed by atoms with van der Waals surface area (Å²) in [6.07, 6.45) is 0. The Hall–Kier alpha value is -0.0700. The van der Waals surface area contributed by atoms with Crippen molar-refractivity contribution >= 4 is 52.7 Å². The lowest BCUT2D eigenvalue weighted by atomic mass is 10.3. The molecular formula is C13H15Cl2NO2S2. The molecule has 7 heteroatoms. The smallest absolute Gasteiger partial charge is 0.321 e. The number of nitrogens with zero attached hydrogens (tertiary/aromatic N) is 1. The van der Waals surface area contributed by atoms with Crippen LogP contribution in [-0.4, -0.2) is 52.4 Å². The van der Waals surface area contributed by atoms with Crippen LogP contribution in [0.3, 0.4) is 0 Å². The zero-order valence-electron chi connectivity index (χ0n) is 10.7. The lowest BCUT2D eigenvalue weighted by molar-refractivity contribution is -0.142. The standard InChI is InChI=1S/C13H15Cl2NO2S2/c14-9-1-2-10(15)12(7-9)20-6-4-16-3-5-19-8-11(16)13(17)18/h1-2,7,11H,3-6,8H2,(H,17,18). The van der Waals surface area contributed by atoms with Gasteiger partial charge in [0.05, 0.1) is 5.02 Å². The zero-order chi connectivity index (χ0) is 14.5. The highest BCUT2D eigenvalue weighted by Gasteiger charge is 2.28. The lowest BCUT2D eigenvalue weighted by Gasteiger charge is -2.32. The van der Waals surface area contributed by atoms with Crippen molar-refractivity contribution in [3.63, 3.8) is 0 Å². The first kappa shape index (κ1) is 16.3. The molecule has 0 radical (unpaired) electrons. The van der Waals surface area contributed by atoms with E-state index in [2.05, 4.69) is 0 Å². The summed E-state index contributed by atoms with van der Waals surface area (Å²) in [6.45, 7) is 1.57. The normalized spacial score (nSPS) is 20.0. The van der Waals surface area contributed by atoms with Crippen LogP contribution in [0.5, 0.6) is 0 Å². The minimum Gasteiger partial charge on any atom is -0.480 e. The molecule has 1 saturated heterocycles. The fraction of sp³-hybridized carbons (Fsp3) is 0.462. The van der Waals surface area contributed by atoms with Gasteiger partial charge in [-0.1, -0.05) is 23.2 Å². The average Bonchev–Trinajstić information content (AvgIpc) is 2.43. The summed E-state index contributed by atoms with van der Waals surface area (Å²) in [4.78, 5) is 14.2. The molecule has 0 spiro atoms. The summed E-state index contributed by atoms with van der Waals surface area (Å²) in [5.41, 5.74) is 0. The molecule has 1 aliphatic heterocycles. The van der Waals surface area contributed by atoms with E-state index in [1.807, 2.05) is 11.0 Å². The summed E-state index contributed by atoms with van der Waals surface area (Å²) in [5.74, 6) is 1.72. The molecule has 1 heterocycles. The highest BCUT2D eigenvalue weighted by Crippen LogP contribution is 2.30. The number of aliphatic carboxylic acids is 1. The van der Waals surface area contributed by atoms with Crippen LogP contribution in [-0.2, 0) is 4.79 Å². The Balaban J connectivity index is 1.88. The van der Waals surface area contributed by atoms with E-state index in [4.69, 9.17) is 23.2 Å². The largest absolute Gasteiger partial charge is 0.480 e. The van der Waals surface area contributed by atoms with Gasteiger partial charge >= 0.3 is 5.97 Å². The van der Waals surface area contributed by atoms with Crippen LogP contribution in [0, 0.1) is 0 Å². The van der Waals surface area contributed by atoms with Crippen molar-refractivity contribution in [1.29, 1.82) is 0 Å². The predicted molar refractivity (Wildman–Crippen MR) is 87.5 cm³/mol. The van der Waals surface area contributed by atoms with Gasteiger partial charge in [0.1, 0.15) is 6.04 Å². The molecule has 20 heavy (non-hydrogen) atoms. The molecule has 1 aromatic carbocycles. The van der Waals surface area contributed by atoms with Gasteiger partial charge in [0.2, 0.25) is 0 Å². The van der Waals surface area contributed by atoms with Crippen LogP contribution < -0.4 is 0 Å². The Kier molecular flexibility index (Phi) is 6.36. The first-order chi connectivity index (χ1) is 9.58. The Morgan fingerprint density at radius 2 is 2.30 bits per heavy atom. The Bertz CT molecular complexity index is 487. The Morgan fingerprint density at radius 3 is 3.05 bits per heavy atom. The molecule has 0 aliphatic carbocycles. The van der Waals surface area contributed by atoms with Gasteiger partial charge in [0.25, 0.3) is 0 Å². The molecule has 1 aliphatic rings.